The molecule has 0 unspecified atom stereocenters. The minimum absolute atomic E-state index is 0.581. The monoisotopic (exact) mass is 404 g/mol. The summed E-state index contributed by atoms with van der Waals surface area (Å²) in [6.45, 7) is 10.8. The van der Waals surface area contributed by atoms with Gasteiger partial charge in [0.05, 0.1) is 10.7 Å². The van der Waals surface area contributed by atoms with E-state index in [1.807, 2.05) is 24.5 Å². The maximum Gasteiger partial charge on any atom is 0.165 e. The summed E-state index contributed by atoms with van der Waals surface area (Å²) in [5.41, 5.74) is 3.53. The van der Waals surface area contributed by atoms with Crippen LogP contribution in [-0.2, 0) is 6.42 Å². The van der Waals surface area contributed by atoms with E-state index in [-0.39, 0.29) is 0 Å². The zero-order valence-corrected chi connectivity index (χ0v) is 17.8. The highest BCUT2D eigenvalue weighted by Crippen LogP contribution is 2.34. The third-order valence-electron chi connectivity index (χ3n) is 4.77. The van der Waals surface area contributed by atoms with E-state index < -0.39 is 0 Å². The molecule has 0 saturated carbocycles. The Hall–Kier alpha value is -1.78. The average Bonchev–Trinajstić information content (AvgIpc) is 3.01. The largest absolute Gasteiger partial charge is 0.356 e. The molecule has 2 aromatic heterocycles. The van der Waals surface area contributed by atoms with Crippen molar-refractivity contribution in [2.45, 2.75) is 40.5 Å². The first-order valence-corrected chi connectivity index (χ1v) is 10.3. The molecule has 1 aromatic carbocycles. The van der Waals surface area contributed by atoms with Gasteiger partial charge in [-0.25, -0.2) is 4.98 Å². The maximum absolute atomic E-state index is 6.45. The van der Waals surface area contributed by atoms with E-state index in [2.05, 4.69) is 42.0 Å². The van der Waals surface area contributed by atoms with Crippen LogP contribution >= 0.6 is 23.2 Å². The fourth-order valence-corrected chi connectivity index (χ4v) is 3.78. The minimum atomic E-state index is 0.581. The Bertz CT molecular complexity index is 933. The molecule has 0 aliphatic rings. The molecule has 0 N–H and O–H groups in total. The number of nitrogens with zero attached hydrogens (tertiary/aromatic N) is 4. The van der Waals surface area contributed by atoms with Crippen LogP contribution in [0.2, 0.25) is 10.0 Å². The van der Waals surface area contributed by atoms with E-state index in [1.165, 1.54) is 0 Å². The Kier molecular flexibility index (Phi) is 6.28. The van der Waals surface area contributed by atoms with Crippen LogP contribution in [0, 0.1) is 5.92 Å². The Morgan fingerprint density at radius 3 is 2.59 bits per heavy atom. The lowest BCUT2D eigenvalue weighted by atomic mass is 10.1. The number of benzene rings is 1. The molecular formula is C21H26Cl2N4. The molecule has 144 valence electrons. The molecule has 0 aliphatic heterocycles. The van der Waals surface area contributed by atoms with Crippen molar-refractivity contribution in [1.29, 1.82) is 0 Å². The summed E-state index contributed by atoms with van der Waals surface area (Å²) in [6.07, 6.45) is 5.81. The lowest BCUT2D eigenvalue weighted by Gasteiger charge is -2.24. The zero-order chi connectivity index (χ0) is 19.6. The van der Waals surface area contributed by atoms with Gasteiger partial charge >= 0.3 is 0 Å². The molecule has 0 aliphatic carbocycles. The summed E-state index contributed by atoms with van der Waals surface area (Å²) in [6, 6.07) is 5.48. The molecule has 6 heteroatoms. The summed E-state index contributed by atoms with van der Waals surface area (Å²) in [4.78, 5) is 11.9. The van der Waals surface area contributed by atoms with E-state index in [9.17, 15) is 0 Å². The molecule has 0 spiro atoms. The van der Waals surface area contributed by atoms with Crippen molar-refractivity contribution in [3.05, 3.63) is 46.3 Å². The number of aryl methyl sites for hydroxylation is 1. The van der Waals surface area contributed by atoms with Crippen LogP contribution < -0.4 is 4.90 Å². The SMILES string of the molecule is CCc1nc2c(-c3ccc(Cl)cc3Cl)nccn2c1N(CC)CCC(C)C. The van der Waals surface area contributed by atoms with Gasteiger partial charge in [-0.2, -0.15) is 0 Å². The second kappa shape index (κ2) is 8.49. The number of aromatic nitrogens is 3. The number of anilines is 1. The number of hydrogen-bond acceptors (Lipinski definition) is 3. The van der Waals surface area contributed by atoms with Gasteiger partial charge in [0.25, 0.3) is 0 Å². The topological polar surface area (TPSA) is 33.4 Å². The molecule has 2 heterocycles. The zero-order valence-electron chi connectivity index (χ0n) is 16.3. The summed E-state index contributed by atoms with van der Waals surface area (Å²) in [5, 5.41) is 1.19. The summed E-state index contributed by atoms with van der Waals surface area (Å²) >= 11 is 12.5. The van der Waals surface area contributed by atoms with Crippen molar-refractivity contribution in [2.75, 3.05) is 18.0 Å². The molecule has 4 nitrogen and oxygen atoms in total. The lowest BCUT2D eigenvalue weighted by Crippen LogP contribution is -2.27. The van der Waals surface area contributed by atoms with Crippen LogP contribution in [0.1, 0.15) is 39.8 Å². The first-order chi connectivity index (χ1) is 13.0. The van der Waals surface area contributed by atoms with E-state index in [0.717, 1.165) is 54.3 Å². The molecule has 3 rings (SSSR count). The third kappa shape index (κ3) is 4.07. The smallest absolute Gasteiger partial charge is 0.165 e. The van der Waals surface area contributed by atoms with Crippen molar-refractivity contribution in [1.82, 2.24) is 14.4 Å². The van der Waals surface area contributed by atoms with Crippen LogP contribution in [0.25, 0.3) is 16.9 Å². The maximum atomic E-state index is 6.45. The van der Waals surface area contributed by atoms with E-state index >= 15 is 0 Å². The molecule has 0 bridgehead atoms. The highest BCUT2D eigenvalue weighted by Gasteiger charge is 2.20. The van der Waals surface area contributed by atoms with Crippen LogP contribution in [0.3, 0.4) is 0 Å². The Morgan fingerprint density at radius 2 is 1.96 bits per heavy atom. The second-order valence-corrected chi connectivity index (χ2v) is 7.94. The first kappa shape index (κ1) is 20.0. The lowest BCUT2D eigenvalue weighted by molar-refractivity contribution is 0.573. The Labute approximate surface area is 171 Å². The standard InChI is InChI=1S/C21H26Cl2N4/c1-5-18-21(26(6-2)11-9-14(3)4)27-12-10-24-19(20(27)25-18)16-8-7-15(22)13-17(16)23/h7-8,10,12-14H,5-6,9,11H2,1-4H3. The third-order valence-corrected chi connectivity index (χ3v) is 5.31. The van der Waals surface area contributed by atoms with Crippen molar-refractivity contribution < 1.29 is 0 Å². The highest BCUT2D eigenvalue weighted by atomic mass is 35.5. The van der Waals surface area contributed by atoms with E-state index in [1.54, 1.807) is 6.07 Å². The molecule has 0 fully saturated rings. The predicted octanol–water partition coefficient (Wildman–Crippen LogP) is 6.14. The van der Waals surface area contributed by atoms with Gasteiger partial charge < -0.3 is 4.90 Å². The van der Waals surface area contributed by atoms with Crippen LogP contribution in [-0.4, -0.2) is 27.5 Å². The van der Waals surface area contributed by atoms with Crippen molar-refractivity contribution in [3.63, 3.8) is 0 Å². The quantitative estimate of drug-likeness (QED) is 0.474. The van der Waals surface area contributed by atoms with Crippen LogP contribution in [0.15, 0.2) is 30.6 Å². The van der Waals surface area contributed by atoms with E-state index in [4.69, 9.17) is 28.2 Å². The normalized spacial score (nSPS) is 11.5. The van der Waals surface area contributed by atoms with Gasteiger partial charge in [-0.3, -0.25) is 9.38 Å². The Morgan fingerprint density at radius 1 is 1.19 bits per heavy atom. The summed E-state index contributed by atoms with van der Waals surface area (Å²) < 4.78 is 2.15. The van der Waals surface area contributed by atoms with Gasteiger partial charge in [0.1, 0.15) is 11.5 Å². The van der Waals surface area contributed by atoms with Crippen molar-refractivity contribution in [2.24, 2.45) is 5.92 Å². The predicted molar refractivity (Wildman–Crippen MR) is 115 cm³/mol. The fourth-order valence-electron chi connectivity index (χ4n) is 3.28. The molecule has 0 radical (unpaired) electrons. The fraction of sp³-hybridized carbons (Fsp3) is 0.429. The van der Waals surface area contributed by atoms with Gasteiger partial charge in [-0.05, 0) is 43.9 Å². The van der Waals surface area contributed by atoms with Gasteiger partial charge in [-0.15, -0.1) is 0 Å². The van der Waals surface area contributed by atoms with Crippen molar-refractivity contribution in [3.8, 4) is 11.3 Å². The van der Waals surface area contributed by atoms with Gasteiger partial charge in [0, 0.05) is 36.1 Å². The molecule has 0 atom stereocenters. The molecular weight excluding hydrogens is 379 g/mol. The highest BCUT2D eigenvalue weighted by molar-refractivity contribution is 6.36. The molecule has 27 heavy (non-hydrogen) atoms. The van der Waals surface area contributed by atoms with E-state index in [0.29, 0.717) is 16.0 Å². The van der Waals surface area contributed by atoms with Gasteiger partial charge in [0.15, 0.2) is 5.65 Å². The minimum Gasteiger partial charge on any atom is -0.356 e. The summed E-state index contributed by atoms with van der Waals surface area (Å²) in [7, 11) is 0. The van der Waals surface area contributed by atoms with Gasteiger partial charge in [-0.1, -0.05) is 44.0 Å². The molecule has 0 saturated heterocycles. The summed E-state index contributed by atoms with van der Waals surface area (Å²) in [5.74, 6) is 1.82. The number of rotatable bonds is 7. The first-order valence-electron chi connectivity index (χ1n) is 9.52. The van der Waals surface area contributed by atoms with Crippen LogP contribution in [0.5, 0.6) is 0 Å². The average molecular weight is 405 g/mol. The number of halogens is 2. The number of imidazole rings is 1. The second-order valence-electron chi connectivity index (χ2n) is 7.09. The number of hydrogen-bond donors (Lipinski definition) is 0. The molecule has 0 amide bonds. The molecule has 3 aromatic rings. The van der Waals surface area contributed by atoms with Crippen LogP contribution in [0.4, 0.5) is 5.82 Å². The number of fused-ring (bicyclic) bond motifs is 1. The van der Waals surface area contributed by atoms with Crippen molar-refractivity contribution >= 4 is 34.7 Å². The van der Waals surface area contributed by atoms with Gasteiger partial charge in [0.2, 0.25) is 0 Å². The Balaban J connectivity index is 2.16.